The van der Waals surface area contributed by atoms with Gasteiger partial charge in [-0.1, -0.05) is 36.9 Å². The summed E-state index contributed by atoms with van der Waals surface area (Å²) in [4.78, 5) is 4.26. The van der Waals surface area contributed by atoms with Crippen LogP contribution >= 0.6 is 23.1 Å². The first-order valence-corrected chi connectivity index (χ1v) is 9.31. The van der Waals surface area contributed by atoms with E-state index in [-0.39, 0.29) is 5.82 Å². The van der Waals surface area contributed by atoms with Gasteiger partial charge in [-0.15, -0.1) is 10.2 Å². The third-order valence-electron chi connectivity index (χ3n) is 3.07. The van der Waals surface area contributed by atoms with E-state index in [1.54, 1.807) is 18.3 Å². The van der Waals surface area contributed by atoms with Gasteiger partial charge in [-0.3, -0.25) is 0 Å². The average Bonchev–Trinajstić information content (AvgIpc) is 3.21. The van der Waals surface area contributed by atoms with Crippen molar-refractivity contribution in [3.8, 4) is 11.3 Å². The SMILES string of the molecule is CC(C)CNc1nnc(SCc2ncc(-c3ccc(F)cc3)o2)s1. The number of hydrogen-bond acceptors (Lipinski definition) is 7. The van der Waals surface area contributed by atoms with Crippen molar-refractivity contribution in [2.45, 2.75) is 23.9 Å². The van der Waals surface area contributed by atoms with Crippen LogP contribution in [-0.4, -0.2) is 21.7 Å². The highest BCUT2D eigenvalue weighted by Gasteiger charge is 2.10. The maximum atomic E-state index is 13.0. The molecule has 0 aliphatic carbocycles. The molecule has 2 heterocycles. The van der Waals surface area contributed by atoms with Crippen molar-refractivity contribution < 1.29 is 8.81 Å². The molecule has 0 atom stereocenters. The molecule has 1 N–H and O–H groups in total. The lowest BCUT2D eigenvalue weighted by Crippen LogP contribution is -2.07. The van der Waals surface area contributed by atoms with E-state index in [4.69, 9.17) is 4.42 Å². The zero-order chi connectivity index (χ0) is 16.9. The molecule has 3 rings (SSSR count). The fraction of sp³-hybridized carbons (Fsp3) is 0.312. The summed E-state index contributed by atoms with van der Waals surface area (Å²) in [6.45, 7) is 5.16. The van der Waals surface area contributed by atoms with E-state index in [9.17, 15) is 4.39 Å². The van der Waals surface area contributed by atoms with Gasteiger partial charge in [-0.25, -0.2) is 9.37 Å². The van der Waals surface area contributed by atoms with Crippen molar-refractivity contribution in [2.24, 2.45) is 5.92 Å². The Labute approximate surface area is 147 Å². The average molecular weight is 364 g/mol. The number of oxazole rings is 1. The van der Waals surface area contributed by atoms with E-state index in [0.717, 1.165) is 21.6 Å². The second kappa shape index (κ2) is 7.76. The molecule has 0 radical (unpaired) electrons. The molecule has 0 spiro atoms. The molecule has 8 heteroatoms. The predicted molar refractivity (Wildman–Crippen MR) is 94.7 cm³/mol. The van der Waals surface area contributed by atoms with Gasteiger partial charge in [0.2, 0.25) is 11.0 Å². The Morgan fingerprint density at radius 1 is 1.25 bits per heavy atom. The van der Waals surface area contributed by atoms with Crippen LogP contribution in [0, 0.1) is 11.7 Å². The number of aromatic nitrogens is 3. The van der Waals surface area contributed by atoms with Crippen molar-refractivity contribution in [1.82, 2.24) is 15.2 Å². The zero-order valence-electron chi connectivity index (χ0n) is 13.3. The molecule has 0 fully saturated rings. The minimum absolute atomic E-state index is 0.271. The molecule has 5 nitrogen and oxygen atoms in total. The number of thioether (sulfide) groups is 1. The molecular weight excluding hydrogens is 347 g/mol. The van der Waals surface area contributed by atoms with Gasteiger partial charge in [0, 0.05) is 12.1 Å². The summed E-state index contributed by atoms with van der Waals surface area (Å²) >= 11 is 3.05. The lowest BCUT2D eigenvalue weighted by Gasteiger charge is -2.03. The zero-order valence-corrected chi connectivity index (χ0v) is 15.0. The lowest BCUT2D eigenvalue weighted by molar-refractivity contribution is 0.530. The van der Waals surface area contributed by atoms with Crippen molar-refractivity contribution in [2.75, 3.05) is 11.9 Å². The Morgan fingerprint density at radius 3 is 2.79 bits per heavy atom. The van der Waals surface area contributed by atoms with Crippen molar-refractivity contribution >= 4 is 28.2 Å². The van der Waals surface area contributed by atoms with Crippen LogP contribution in [0.15, 0.2) is 39.2 Å². The first-order chi connectivity index (χ1) is 11.6. The van der Waals surface area contributed by atoms with E-state index < -0.39 is 0 Å². The molecule has 1 aromatic carbocycles. The van der Waals surface area contributed by atoms with Gasteiger partial charge in [0.25, 0.3) is 0 Å². The van der Waals surface area contributed by atoms with Crippen LogP contribution in [0.1, 0.15) is 19.7 Å². The third kappa shape index (κ3) is 4.55. The Kier molecular flexibility index (Phi) is 5.47. The topological polar surface area (TPSA) is 63.8 Å². The quantitative estimate of drug-likeness (QED) is 0.614. The summed E-state index contributed by atoms with van der Waals surface area (Å²) in [5, 5.41) is 12.3. The van der Waals surface area contributed by atoms with Crippen LogP contribution in [0.2, 0.25) is 0 Å². The van der Waals surface area contributed by atoms with Gasteiger partial charge >= 0.3 is 0 Å². The second-order valence-corrected chi connectivity index (χ2v) is 7.76. The summed E-state index contributed by atoms with van der Waals surface area (Å²) in [6, 6.07) is 6.15. The van der Waals surface area contributed by atoms with E-state index in [2.05, 4.69) is 34.3 Å². The summed E-state index contributed by atoms with van der Waals surface area (Å²) < 4.78 is 19.5. The predicted octanol–water partition coefficient (Wildman–Crippen LogP) is 4.69. The highest BCUT2D eigenvalue weighted by molar-refractivity contribution is 8.00. The minimum atomic E-state index is -0.271. The van der Waals surface area contributed by atoms with Gasteiger partial charge in [0.05, 0.1) is 11.9 Å². The largest absolute Gasteiger partial charge is 0.440 e. The molecule has 24 heavy (non-hydrogen) atoms. The summed E-state index contributed by atoms with van der Waals surface area (Å²) in [7, 11) is 0. The second-order valence-electron chi connectivity index (χ2n) is 5.56. The van der Waals surface area contributed by atoms with Crippen LogP contribution in [0.3, 0.4) is 0 Å². The molecule has 2 aromatic heterocycles. The van der Waals surface area contributed by atoms with Crippen LogP contribution in [-0.2, 0) is 5.75 Å². The minimum Gasteiger partial charge on any atom is -0.440 e. The fourth-order valence-electron chi connectivity index (χ4n) is 1.88. The highest BCUT2D eigenvalue weighted by atomic mass is 32.2. The van der Waals surface area contributed by atoms with E-state index in [1.165, 1.54) is 35.2 Å². The van der Waals surface area contributed by atoms with E-state index in [0.29, 0.717) is 23.3 Å². The smallest absolute Gasteiger partial charge is 0.206 e. The number of benzene rings is 1. The number of nitrogens with one attached hydrogen (secondary N) is 1. The maximum Gasteiger partial charge on any atom is 0.206 e. The van der Waals surface area contributed by atoms with Gasteiger partial charge < -0.3 is 9.73 Å². The molecule has 3 aromatic rings. The fourth-order valence-corrected chi connectivity index (χ4v) is 3.49. The highest BCUT2D eigenvalue weighted by Crippen LogP contribution is 2.29. The molecule has 0 aliphatic heterocycles. The molecule has 0 bridgehead atoms. The van der Waals surface area contributed by atoms with Gasteiger partial charge in [-0.2, -0.15) is 0 Å². The van der Waals surface area contributed by atoms with Gasteiger partial charge in [-0.05, 0) is 30.2 Å². The van der Waals surface area contributed by atoms with Gasteiger partial charge in [0.15, 0.2) is 10.1 Å². The Hall–Kier alpha value is -1.93. The number of hydrogen-bond donors (Lipinski definition) is 1. The van der Waals surface area contributed by atoms with Crippen molar-refractivity contribution in [3.05, 3.63) is 42.2 Å². The van der Waals surface area contributed by atoms with Gasteiger partial charge in [0.1, 0.15) is 5.82 Å². The Balaban J connectivity index is 1.56. The number of rotatable bonds is 7. The van der Waals surface area contributed by atoms with Crippen molar-refractivity contribution in [1.29, 1.82) is 0 Å². The number of anilines is 1. The molecule has 126 valence electrons. The third-order valence-corrected chi connectivity index (χ3v) is 5.07. The number of nitrogens with zero attached hydrogens (tertiary/aromatic N) is 3. The standard InChI is InChI=1S/C16H17FN4OS2/c1-10(2)7-19-15-20-21-16(24-15)23-9-14-18-8-13(22-14)11-3-5-12(17)6-4-11/h3-6,8,10H,7,9H2,1-2H3,(H,19,20). The van der Waals surface area contributed by atoms with Crippen LogP contribution in [0.25, 0.3) is 11.3 Å². The summed E-state index contributed by atoms with van der Waals surface area (Å²) in [5.41, 5.74) is 0.802. The number of halogens is 1. The normalized spacial score (nSPS) is 11.2. The van der Waals surface area contributed by atoms with Crippen LogP contribution in [0.5, 0.6) is 0 Å². The molecular formula is C16H17FN4OS2. The maximum absolute atomic E-state index is 13.0. The Morgan fingerprint density at radius 2 is 2.04 bits per heavy atom. The van der Waals surface area contributed by atoms with E-state index in [1.807, 2.05) is 0 Å². The molecule has 0 amide bonds. The van der Waals surface area contributed by atoms with E-state index >= 15 is 0 Å². The van der Waals surface area contributed by atoms with Crippen LogP contribution in [0.4, 0.5) is 9.52 Å². The molecule has 0 saturated heterocycles. The molecule has 0 saturated carbocycles. The summed E-state index contributed by atoms with van der Waals surface area (Å²) in [6.07, 6.45) is 1.65. The molecule has 0 unspecified atom stereocenters. The lowest BCUT2D eigenvalue weighted by atomic mass is 10.2. The molecule has 0 aliphatic rings. The van der Waals surface area contributed by atoms with Crippen LogP contribution < -0.4 is 5.32 Å². The van der Waals surface area contributed by atoms with Crippen molar-refractivity contribution in [3.63, 3.8) is 0 Å². The first kappa shape index (κ1) is 16.9. The summed E-state index contributed by atoms with van der Waals surface area (Å²) in [5.74, 6) is 2.09. The first-order valence-electron chi connectivity index (χ1n) is 7.51. The Bertz CT molecular complexity index is 785. The monoisotopic (exact) mass is 364 g/mol.